The number of piperazine rings is 1. The van der Waals surface area contributed by atoms with Crippen LogP contribution in [-0.4, -0.2) is 61.7 Å². The molecule has 0 aromatic heterocycles. The number of rotatable bonds is 6. The van der Waals surface area contributed by atoms with Crippen molar-refractivity contribution in [2.75, 3.05) is 39.8 Å². The zero-order valence-electron chi connectivity index (χ0n) is 11.8. The first-order valence-corrected chi connectivity index (χ1v) is 7.38. The second-order valence-electron chi connectivity index (χ2n) is 5.85. The lowest BCUT2D eigenvalue weighted by atomic mass is 9.98. The Balaban J connectivity index is 1.72. The van der Waals surface area contributed by atoms with E-state index in [-0.39, 0.29) is 0 Å². The first-order valence-electron chi connectivity index (χ1n) is 7.38. The van der Waals surface area contributed by atoms with Gasteiger partial charge in [0, 0.05) is 44.8 Å². The summed E-state index contributed by atoms with van der Waals surface area (Å²) in [5.74, 6) is 0.779. The highest BCUT2D eigenvalue weighted by Gasteiger charge is 2.31. The molecule has 1 aliphatic carbocycles. The highest BCUT2D eigenvalue weighted by Crippen LogP contribution is 2.27. The van der Waals surface area contributed by atoms with Gasteiger partial charge in [-0.15, -0.1) is 0 Å². The van der Waals surface area contributed by atoms with Crippen molar-refractivity contribution in [2.24, 2.45) is 5.92 Å². The fourth-order valence-electron chi connectivity index (χ4n) is 2.87. The summed E-state index contributed by atoms with van der Waals surface area (Å²) in [6, 6.07) is 1.61. The Morgan fingerprint density at radius 1 is 1.18 bits per heavy atom. The van der Waals surface area contributed by atoms with Crippen LogP contribution in [0.5, 0.6) is 0 Å². The van der Waals surface area contributed by atoms with Crippen LogP contribution in [0.15, 0.2) is 0 Å². The van der Waals surface area contributed by atoms with Gasteiger partial charge in [0.25, 0.3) is 0 Å². The van der Waals surface area contributed by atoms with Crippen molar-refractivity contribution in [3.05, 3.63) is 0 Å². The predicted molar refractivity (Wildman–Crippen MR) is 73.3 cm³/mol. The number of hydrogen-bond acceptors (Lipinski definition) is 3. The SMILES string of the molecule is CCC(C)C(CN1CCN(C2CC2)CC1)NC. The molecule has 100 valence electrons. The molecule has 3 nitrogen and oxygen atoms in total. The van der Waals surface area contributed by atoms with Crippen molar-refractivity contribution in [1.29, 1.82) is 0 Å². The molecule has 0 bridgehead atoms. The summed E-state index contributed by atoms with van der Waals surface area (Å²) in [6.07, 6.45) is 4.17. The minimum atomic E-state index is 0.660. The average Bonchev–Trinajstić information content (AvgIpc) is 3.20. The van der Waals surface area contributed by atoms with Gasteiger partial charge in [0.1, 0.15) is 0 Å². The molecule has 1 N–H and O–H groups in total. The van der Waals surface area contributed by atoms with Crippen LogP contribution >= 0.6 is 0 Å². The zero-order valence-corrected chi connectivity index (χ0v) is 11.8. The van der Waals surface area contributed by atoms with Gasteiger partial charge in [0.2, 0.25) is 0 Å². The number of nitrogens with zero attached hydrogens (tertiary/aromatic N) is 2. The molecule has 1 heterocycles. The summed E-state index contributed by atoms with van der Waals surface area (Å²) in [5.41, 5.74) is 0. The molecular weight excluding hydrogens is 210 g/mol. The van der Waals surface area contributed by atoms with Crippen molar-refractivity contribution < 1.29 is 0 Å². The molecule has 2 atom stereocenters. The van der Waals surface area contributed by atoms with E-state index in [1.165, 1.54) is 52.0 Å². The largest absolute Gasteiger partial charge is 0.315 e. The van der Waals surface area contributed by atoms with Gasteiger partial charge in [-0.2, -0.15) is 0 Å². The molecule has 1 saturated heterocycles. The van der Waals surface area contributed by atoms with Crippen LogP contribution in [0, 0.1) is 5.92 Å². The lowest BCUT2D eigenvalue weighted by Crippen LogP contribution is -2.52. The molecule has 3 heteroatoms. The Kier molecular flexibility index (Phi) is 4.83. The summed E-state index contributed by atoms with van der Waals surface area (Å²) in [6.45, 7) is 11.0. The summed E-state index contributed by atoms with van der Waals surface area (Å²) >= 11 is 0. The van der Waals surface area contributed by atoms with Crippen LogP contribution in [0.2, 0.25) is 0 Å². The molecule has 17 heavy (non-hydrogen) atoms. The van der Waals surface area contributed by atoms with E-state index in [0.717, 1.165) is 12.0 Å². The fourth-order valence-corrected chi connectivity index (χ4v) is 2.87. The Hall–Kier alpha value is -0.120. The Morgan fingerprint density at radius 2 is 1.82 bits per heavy atom. The minimum Gasteiger partial charge on any atom is -0.315 e. The van der Waals surface area contributed by atoms with E-state index in [1.807, 2.05) is 0 Å². The predicted octanol–water partition coefficient (Wildman–Crippen LogP) is 1.40. The van der Waals surface area contributed by atoms with Gasteiger partial charge in [-0.3, -0.25) is 9.80 Å². The average molecular weight is 239 g/mol. The van der Waals surface area contributed by atoms with Crippen molar-refractivity contribution >= 4 is 0 Å². The number of likely N-dealkylation sites (N-methyl/N-ethyl adjacent to an activating group) is 1. The van der Waals surface area contributed by atoms with Crippen molar-refractivity contribution in [3.8, 4) is 0 Å². The van der Waals surface area contributed by atoms with Crippen LogP contribution in [0.3, 0.4) is 0 Å². The van der Waals surface area contributed by atoms with E-state index in [2.05, 4.69) is 36.0 Å². The molecule has 0 spiro atoms. The highest BCUT2D eigenvalue weighted by molar-refractivity contribution is 4.88. The van der Waals surface area contributed by atoms with E-state index < -0.39 is 0 Å². The van der Waals surface area contributed by atoms with Crippen molar-refractivity contribution in [1.82, 2.24) is 15.1 Å². The second kappa shape index (κ2) is 6.17. The summed E-state index contributed by atoms with van der Waals surface area (Å²) in [5, 5.41) is 3.49. The third kappa shape index (κ3) is 3.67. The smallest absolute Gasteiger partial charge is 0.0217 e. The van der Waals surface area contributed by atoms with Gasteiger partial charge < -0.3 is 5.32 Å². The standard InChI is InChI=1S/C14H29N3/c1-4-12(2)14(15-3)11-16-7-9-17(10-8-16)13-5-6-13/h12-15H,4-11H2,1-3H3. The maximum absolute atomic E-state index is 3.49. The maximum Gasteiger partial charge on any atom is 0.0217 e. The van der Waals surface area contributed by atoms with E-state index in [4.69, 9.17) is 0 Å². The number of hydrogen-bond donors (Lipinski definition) is 1. The van der Waals surface area contributed by atoms with Crippen LogP contribution < -0.4 is 5.32 Å². The normalized spacial score (nSPS) is 27.0. The summed E-state index contributed by atoms with van der Waals surface area (Å²) in [4.78, 5) is 5.33. The van der Waals surface area contributed by atoms with Gasteiger partial charge in [-0.05, 0) is 25.8 Å². The molecule has 2 aliphatic rings. The third-order valence-electron chi connectivity index (χ3n) is 4.63. The van der Waals surface area contributed by atoms with Crippen LogP contribution in [-0.2, 0) is 0 Å². The molecule has 1 saturated carbocycles. The molecule has 0 aromatic rings. The molecule has 2 rings (SSSR count). The van der Waals surface area contributed by atoms with E-state index in [9.17, 15) is 0 Å². The lowest BCUT2D eigenvalue weighted by Gasteiger charge is -2.37. The van der Waals surface area contributed by atoms with Crippen LogP contribution in [0.4, 0.5) is 0 Å². The Morgan fingerprint density at radius 3 is 2.29 bits per heavy atom. The molecule has 2 fully saturated rings. The molecule has 0 aromatic carbocycles. The first kappa shape index (κ1) is 13.3. The molecule has 0 radical (unpaired) electrons. The van der Waals surface area contributed by atoms with Gasteiger partial charge in [-0.25, -0.2) is 0 Å². The Bertz CT molecular complexity index is 220. The summed E-state index contributed by atoms with van der Waals surface area (Å²) < 4.78 is 0. The van der Waals surface area contributed by atoms with Crippen molar-refractivity contribution in [3.63, 3.8) is 0 Å². The summed E-state index contributed by atoms with van der Waals surface area (Å²) in [7, 11) is 2.11. The van der Waals surface area contributed by atoms with Crippen LogP contribution in [0.1, 0.15) is 33.1 Å². The van der Waals surface area contributed by atoms with E-state index in [1.54, 1.807) is 0 Å². The first-order chi connectivity index (χ1) is 8.24. The lowest BCUT2D eigenvalue weighted by molar-refractivity contribution is 0.111. The van der Waals surface area contributed by atoms with Crippen LogP contribution in [0.25, 0.3) is 0 Å². The minimum absolute atomic E-state index is 0.660. The molecule has 0 amide bonds. The van der Waals surface area contributed by atoms with Crippen molar-refractivity contribution in [2.45, 2.75) is 45.2 Å². The number of nitrogens with one attached hydrogen (secondary N) is 1. The van der Waals surface area contributed by atoms with E-state index >= 15 is 0 Å². The zero-order chi connectivity index (χ0) is 12.3. The maximum atomic E-state index is 3.49. The quantitative estimate of drug-likeness (QED) is 0.756. The van der Waals surface area contributed by atoms with Gasteiger partial charge >= 0.3 is 0 Å². The molecule has 1 aliphatic heterocycles. The fraction of sp³-hybridized carbons (Fsp3) is 1.00. The second-order valence-corrected chi connectivity index (χ2v) is 5.85. The van der Waals surface area contributed by atoms with E-state index in [0.29, 0.717) is 6.04 Å². The highest BCUT2D eigenvalue weighted by atomic mass is 15.3. The third-order valence-corrected chi connectivity index (χ3v) is 4.63. The Labute approximate surface area is 107 Å². The monoisotopic (exact) mass is 239 g/mol. The van der Waals surface area contributed by atoms with Gasteiger partial charge in [-0.1, -0.05) is 20.3 Å². The molecule has 2 unspecified atom stereocenters. The van der Waals surface area contributed by atoms with Gasteiger partial charge in [0.15, 0.2) is 0 Å². The molecular formula is C14H29N3. The topological polar surface area (TPSA) is 18.5 Å². The van der Waals surface area contributed by atoms with Gasteiger partial charge in [0.05, 0.1) is 0 Å².